The van der Waals surface area contributed by atoms with E-state index in [1.165, 1.54) is 14.0 Å². The molecule has 1 aromatic carbocycles. The number of rotatable bonds is 3. The number of hydrogen-bond acceptors (Lipinski definition) is 5. The van der Waals surface area contributed by atoms with Crippen LogP contribution in [-0.2, 0) is 14.0 Å². The summed E-state index contributed by atoms with van der Waals surface area (Å²) in [7, 11) is 0.306. The Morgan fingerprint density at radius 2 is 1.95 bits per heavy atom. The largest absolute Gasteiger partial charge is 0.495 e. The van der Waals surface area contributed by atoms with E-state index in [0.29, 0.717) is 5.46 Å². The van der Waals surface area contributed by atoms with Crippen molar-refractivity contribution in [2.75, 3.05) is 7.11 Å². The van der Waals surface area contributed by atoms with Gasteiger partial charge in [0.25, 0.3) is 0 Å². The van der Waals surface area contributed by atoms with Gasteiger partial charge in [0.2, 0.25) is 6.36 Å². The molecule has 2 unspecified atom stereocenters. The predicted molar refractivity (Wildman–Crippen MR) is 74.9 cm³/mol. The summed E-state index contributed by atoms with van der Waals surface area (Å²) < 4.78 is 29.6. The Morgan fingerprint density at radius 1 is 1.33 bits per heavy atom. The normalized spacial score (nSPS) is 25.7. The Labute approximate surface area is 123 Å². The smallest absolute Gasteiger partial charge is 0.465 e. The number of alkyl halides is 1. The Morgan fingerprint density at radius 3 is 2.48 bits per heavy atom. The number of halogens is 1. The molecule has 1 saturated heterocycles. The highest BCUT2D eigenvalue weighted by Crippen LogP contribution is 2.40. The van der Waals surface area contributed by atoms with Gasteiger partial charge in [-0.1, -0.05) is 18.2 Å². The van der Waals surface area contributed by atoms with Crippen LogP contribution in [0.25, 0.3) is 0 Å². The SMILES string of the molecule is COC(=O)c1ccccc1B1OC(C)(C)C(C)(C(O)F)O1. The van der Waals surface area contributed by atoms with Gasteiger partial charge in [-0.2, -0.15) is 0 Å². The summed E-state index contributed by atoms with van der Waals surface area (Å²) >= 11 is 0. The fraction of sp³-hybridized carbons (Fsp3) is 0.500. The monoisotopic (exact) mass is 296 g/mol. The van der Waals surface area contributed by atoms with E-state index in [0.717, 1.165) is 0 Å². The molecule has 114 valence electrons. The van der Waals surface area contributed by atoms with Crippen molar-refractivity contribution in [3.8, 4) is 0 Å². The Balaban J connectivity index is 2.40. The molecule has 0 amide bonds. The first kappa shape index (κ1) is 15.9. The lowest BCUT2D eigenvalue weighted by molar-refractivity contribution is -0.153. The first-order valence-electron chi connectivity index (χ1n) is 6.58. The highest BCUT2D eigenvalue weighted by molar-refractivity contribution is 6.63. The summed E-state index contributed by atoms with van der Waals surface area (Å²) in [5, 5.41) is 9.37. The fourth-order valence-corrected chi connectivity index (χ4v) is 2.24. The molecule has 1 heterocycles. The molecule has 2 atom stereocenters. The molecule has 1 aliphatic heterocycles. The molecule has 1 fully saturated rings. The van der Waals surface area contributed by atoms with Crippen LogP contribution in [0.4, 0.5) is 4.39 Å². The van der Waals surface area contributed by atoms with Gasteiger partial charge >= 0.3 is 13.1 Å². The second kappa shape index (κ2) is 5.40. The molecule has 0 aliphatic carbocycles. The third-order valence-electron chi connectivity index (χ3n) is 4.02. The number of aliphatic hydroxyl groups excluding tert-OH is 1. The van der Waals surface area contributed by atoms with Gasteiger partial charge in [-0.25, -0.2) is 9.18 Å². The quantitative estimate of drug-likeness (QED) is 0.667. The number of methoxy groups -OCH3 is 1. The highest BCUT2D eigenvalue weighted by atomic mass is 19.1. The molecule has 1 aliphatic rings. The van der Waals surface area contributed by atoms with Gasteiger partial charge in [-0.3, -0.25) is 0 Å². The standard InChI is InChI=1S/C14H18BFO5/c1-13(2)14(3,12(16)18)21-15(20-13)10-8-6-5-7-9(10)11(17)19-4/h5-8,12,18H,1-4H3. The van der Waals surface area contributed by atoms with Gasteiger partial charge in [-0.05, 0) is 32.3 Å². The van der Waals surface area contributed by atoms with Crippen LogP contribution in [0.3, 0.4) is 0 Å². The minimum atomic E-state index is -2.22. The molecule has 21 heavy (non-hydrogen) atoms. The predicted octanol–water partition coefficient (Wildman–Crippen LogP) is 1.04. The topological polar surface area (TPSA) is 65.0 Å². The van der Waals surface area contributed by atoms with Crippen molar-refractivity contribution in [2.24, 2.45) is 0 Å². The third-order valence-corrected chi connectivity index (χ3v) is 4.02. The van der Waals surface area contributed by atoms with Crippen LogP contribution in [0.5, 0.6) is 0 Å². The summed E-state index contributed by atoms with van der Waals surface area (Å²) in [5.41, 5.74) is -1.91. The molecule has 7 heteroatoms. The number of hydrogen-bond donors (Lipinski definition) is 1. The minimum Gasteiger partial charge on any atom is -0.465 e. The van der Waals surface area contributed by atoms with E-state index in [9.17, 15) is 14.3 Å². The van der Waals surface area contributed by atoms with Gasteiger partial charge in [0.15, 0.2) is 0 Å². The van der Waals surface area contributed by atoms with E-state index in [1.54, 1.807) is 38.1 Å². The van der Waals surface area contributed by atoms with Crippen LogP contribution in [-0.4, -0.2) is 42.9 Å². The van der Waals surface area contributed by atoms with Crippen molar-refractivity contribution in [2.45, 2.75) is 38.3 Å². The molecule has 0 aromatic heterocycles. The van der Waals surface area contributed by atoms with Gasteiger partial charge in [0, 0.05) is 0 Å². The first-order valence-corrected chi connectivity index (χ1v) is 6.58. The third kappa shape index (κ3) is 2.56. The molecule has 5 nitrogen and oxygen atoms in total. The van der Waals surface area contributed by atoms with Crippen LogP contribution in [0, 0.1) is 0 Å². The molecule has 0 radical (unpaired) electrons. The van der Waals surface area contributed by atoms with Crippen LogP contribution in [0.2, 0.25) is 0 Å². The molecular formula is C14H18BFO5. The average Bonchev–Trinajstić information content (AvgIpc) is 2.69. The van der Waals surface area contributed by atoms with E-state index in [4.69, 9.17) is 14.0 Å². The summed E-state index contributed by atoms with van der Waals surface area (Å²) in [5.74, 6) is -0.537. The number of carbonyl (C=O) groups is 1. The molecular weight excluding hydrogens is 278 g/mol. The van der Waals surface area contributed by atoms with Crippen LogP contribution < -0.4 is 5.46 Å². The van der Waals surface area contributed by atoms with Crippen molar-refractivity contribution >= 4 is 18.6 Å². The fourth-order valence-electron chi connectivity index (χ4n) is 2.24. The van der Waals surface area contributed by atoms with Crippen molar-refractivity contribution in [1.29, 1.82) is 0 Å². The summed E-state index contributed by atoms with van der Waals surface area (Å²) in [6, 6.07) is 6.61. The Kier molecular flexibility index (Phi) is 4.10. The Bertz CT molecular complexity index is 548. The van der Waals surface area contributed by atoms with E-state index < -0.39 is 30.6 Å². The van der Waals surface area contributed by atoms with E-state index in [1.807, 2.05) is 0 Å². The molecule has 0 bridgehead atoms. The summed E-state index contributed by atoms with van der Waals surface area (Å²) in [4.78, 5) is 11.8. The van der Waals surface area contributed by atoms with Crippen molar-refractivity contribution in [3.05, 3.63) is 29.8 Å². The number of ether oxygens (including phenoxy) is 1. The maximum Gasteiger partial charge on any atom is 0.495 e. The second-order valence-corrected chi connectivity index (χ2v) is 5.60. The molecule has 1 N–H and O–H groups in total. The lowest BCUT2D eigenvalue weighted by atomic mass is 9.76. The van der Waals surface area contributed by atoms with Gasteiger partial charge in [-0.15, -0.1) is 0 Å². The van der Waals surface area contributed by atoms with Gasteiger partial charge in [0.05, 0.1) is 18.3 Å². The van der Waals surface area contributed by atoms with Gasteiger partial charge < -0.3 is 19.2 Å². The van der Waals surface area contributed by atoms with Crippen molar-refractivity contribution in [3.63, 3.8) is 0 Å². The number of benzene rings is 1. The number of esters is 1. The average molecular weight is 296 g/mol. The van der Waals surface area contributed by atoms with Crippen LogP contribution in [0.1, 0.15) is 31.1 Å². The van der Waals surface area contributed by atoms with E-state index >= 15 is 0 Å². The van der Waals surface area contributed by atoms with Crippen molar-refractivity contribution in [1.82, 2.24) is 0 Å². The zero-order valence-corrected chi connectivity index (χ0v) is 12.4. The summed E-state index contributed by atoms with van der Waals surface area (Å²) in [6.45, 7) is 4.67. The maximum atomic E-state index is 13.6. The highest BCUT2D eigenvalue weighted by Gasteiger charge is 2.59. The first-order chi connectivity index (χ1) is 9.73. The second-order valence-electron chi connectivity index (χ2n) is 5.60. The molecule has 0 spiro atoms. The minimum absolute atomic E-state index is 0.276. The van der Waals surface area contributed by atoms with Gasteiger partial charge in [0.1, 0.15) is 5.60 Å². The lowest BCUT2D eigenvalue weighted by Gasteiger charge is -2.36. The van der Waals surface area contributed by atoms with Crippen LogP contribution in [0.15, 0.2) is 24.3 Å². The lowest BCUT2D eigenvalue weighted by Crippen LogP contribution is -2.52. The molecule has 2 rings (SSSR count). The molecule has 1 aromatic rings. The van der Waals surface area contributed by atoms with Crippen LogP contribution >= 0.6 is 0 Å². The number of carbonyl (C=O) groups excluding carboxylic acids is 1. The summed E-state index contributed by atoms with van der Waals surface area (Å²) in [6.07, 6.45) is -2.22. The van der Waals surface area contributed by atoms with E-state index in [-0.39, 0.29) is 5.56 Å². The Hall–Kier alpha value is -1.44. The number of aliphatic hydroxyl groups is 1. The van der Waals surface area contributed by atoms with E-state index in [2.05, 4.69) is 0 Å². The maximum absolute atomic E-state index is 13.6. The zero-order chi connectivity index (χ0) is 15.8. The zero-order valence-electron chi connectivity index (χ0n) is 12.4. The molecule has 0 saturated carbocycles. The van der Waals surface area contributed by atoms with Crippen molar-refractivity contribution < 1.29 is 28.3 Å².